The Morgan fingerprint density at radius 1 is 1.43 bits per heavy atom. The highest BCUT2D eigenvalue weighted by Gasteiger charge is 2.53. The number of carbonyl (C=O) groups excluding carboxylic acids is 2. The molecule has 0 aromatic heterocycles. The van der Waals surface area contributed by atoms with Crippen LogP contribution >= 0.6 is 0 Å². The van der Waals surface area contributed by atoms with E-state index in [-0.39, 0.29) is 12.8 Å². The minimum atomic E-state index is -4.69. The van der Waals surface area contributed by atoms with Gasteiger partial charge in [0, 0.05) is 6.42 Å². The molecule has 1 rings (SSSR count). The third-order valence-corrected chi connectivity index (χ3v) is 2.22. The number of halogens is 4. The molecular weight excluding hydrogens is 204 g/mol. The Hall–Kier alpha value is -0.940. The van der Waals surface area contributed by atoms with Crippen LogP contribution in [0.5, 0.6) is 0 Å². The summed E-state index contributed by atoms with van der Waals surface area (Å²) >= 11 is 0. The highest BCUT2D eigenvalue weighted by molar-refractivity contribution is 6.06. The van der Waals surface area contributed by atoms with Crippen molar-refractivity contribution in [3.63, 3.8) is 0 Å². The predicted molar refractivity (Wildman–Crippen MR) is 38.3 cm³/mol. The number of carbonyl (C=O) groups is 2. The second kappa shape index (κ2) is 3.67. The standard InChI is InChI=1S/C8H8F4O2/c9-7(10)8(11,12)6(14)4-2-1-3-5(4)13/h4,7H,1-3H2. The number of hydrogen-bond donors (Lipinski definition) is 0. The van der Waals surface area contributed by atoms with Gasteiger partial charge in [0.05, 0.1) is 5.92 Å². The molecule has 0 saturated heterocycles. The quantitative estimate of drug-likeness (QED) is 0.528. The van der Waals surface area contributed by atoms with Crippen LogP contribution in [0.15, 0.2) is 0 Å². The summed E-state index contributed by atoms with van der Waals surface area (Å²) in [6, 6.07) is 0. The Bertz CT molecular complexity index is 262. The van der Waals surface area contributed by atoms with Crippen molar-refractivity contribution in [3.8, 4) is 0 Å². The van der Waals surface area contributed by atoms with Crippen molar-refractivity contribution in [2.24, 2.45) is 5.92 Å². The average molecular weight is 212 g/mol. The maximum atomic E-state index is 12.5. The Balaban J connectivity index is 2.79. The summed E-state index contributed by atoms with van der Waals surface area (Å²) in [5, 5.41) is 0. The monoisotopic (exact) mass is 212 g/mol. The Kier molecular flexibility index (Phi) is 2.92. The van der Waals surface area contributed by atoms with E-state index in [1.165, 1.54) is 0 Å². The van der Waals surface area contributed by atoms with E-state index < -0.39 is 29.8 Å². The smallest absolute Gasteiger partial charge is 0.299 e. The summed E-state index contributed by atoms with van der Waals surface area (Å²) in [7, 11) is 0. The van der Waals surface area contributed by atoms with Gasteiger partial charge in [0.15, 0.2) is 0 Å². The second-order valence-corrected chi connectivity index (χ2v) is 3.20. The fourth-order valence-corrected chi connectivity index (χ4v) is 1.43. The summed E-state index contributed by atoms with van der Waals surface area (Å²) in [6.45, 7) is 0. The highest BCUT2D eigenvalue weighted by Crippen LogP contribution is 2.32. The van der Waals surface area contributed by atoms with Crippen LogP contribution in [0, 0.1) is 5.92 Å². The Labute approximate surface area is 77.3 Å². The molecule has 0 amide bonds. The fraction of sp³-hybridized carbons (Fsp3) is 0.750. The van der Waals surface area contributed by atoms with Crippen LogP contribution in [-0.4, -0.2) is 23.9 Å². The number of ketones is 2. The van der Waals surface area contributed by atoms with Crippen LogP contribution in [0.4, 0.5) is 17.6 Å². The third kappa shape index (κ3) is 1.78. The molecule has 0 aliphatic heterocycles. The summed E-state index contributed by atoms with van der Waals surface area (Å²) in [6.07, 6.45) is -3.74. The lowest BCUT2D eigenvalue weighted by Crippen LogP contribution is -2.42. The van der Waals surface area contributed by atoms with Crippen LogP contribution in [0.2, 0.25) is 0 Å². The molecule has 1 aliphatic rings. The lowest BCUT2D eigenvalue weighted by molar-refractivity contribution is -0.171. The van der Waals surface area contributed by atoms with Crippen molar-refractivity contribution < 1.29 is 27.2 Å². The van der Waals surface area contributed by atoms with Gasteiger partial charge in [-0.05, 0) is 12.8 Å². The van der Waals surface area contributed by atoms with Crippen LogP contribution in [0.1, 0.15) is 19.3 Å². The molecule has 0 radical (unpaired) electrons. The first-order valence-corrected chi connectivity index (χ1v) is 4.10. The molecule has 80 valence electrons. The van der Waals surface area contributed by atoms with Gasteiger partial charge in [-0.3, -0.25) is 9.59 Å². The maximum Gasteiger partial charge on any atom is 0.365 e. The fourth-order valence-electron chi connectivity index (χ4n) is 1.43. The number of alkyl halides is 4. The number of hydrogen-bond acceptors (Lipinski definition) is 2. The van der Waals surface area contributed by atoms with E-state index in [9.17, 15) is 27.2 Å². The van der Waals surface area contributed by atoms with Gasteiger partial charge >= 0.3 is 12.3 Å². The van der Waals surface area contributed by atoms with Crippen molar-refractivity contribution in [3.05, 3.63) is 0 Å². The van der Waals surface area contributed by atoms with Crippen LogP contribution in [-0.2, 0) is 9.59 Å². The van der Waals surface area contributed by atoms with Gasteiger partial charge < -0.3 is 0 Å². The Morgan fingerprint density at radius 3 is 2.36 bits per heavy atom. The van der Waals surface area contributed by atoms with E-state index in [4.69, 9.17) is 0 Å². The minimum Gasteiger partial charge on any atom is -0.299 e. The predicted octanol–water partition coefficient (Wildman–Crippen LogP) is 1.83. The highest BCUT2D eigenvalue weighted by atomic mass is 19.3. The van der Waals surface area contributed by atoms with E-state index in [1.807, 2.05) is 0 Å². The molecule has 14 heavy (non-hydrogen) atoms. The molecule has 0 aromatic rings. The molecule has 1 saturated carbocycles. The van der Waals surface area contributed by atoms with Gasteiger partial charge in [-0.25, -0.2) is 8.78 Å². The molecule has 2 nitrogen and oxygen atoms in total. The molecule has 0 N–H and O–H groups in total. The van der Waals surface area contributed by atoms with Crippen LogP contribution in [0.3, 0.4) is 0 Å². The van der Waals surface area contributed by atoms with E-state index in [1.54, 1.807) is 0 Å². The van der Waals surface area contributed by atoms with Gasteiger partial charge in [0.1, 0.15) is 5.78 Å². The normalized spacial score (nSPS) is 23.2. The summed E-state index contributed by atoms with van der Waals surface area (Å²) in [5.41, 5.74) is 0. The zero-order chi connectivity index (χ0) is 10.9. The Morgan fingerprint density at radius 2 is 2.00 bits per heavy atom. The first kappa shape index (κ1) is 11.1. The van der Waals surface area contributed by atoms with Crippen molar-refractivity contribution in [1.82, 2.24) is 0 Å². The molecule has 6 heteroatoms. The SMILES string of the molecule is O=C1CCCC1C(=O)C(F)(F)C(F)F. The topological polar surface area (TPSA) is 34.1 Å². The average Bonchev–Trinajstić information content (AvgIpc) is 2.49. The molecule has 1 aliphatic carbocycles. The molecule has 1 unspecified atom stereocenters. The zero-order valence-electron chi connectivity index (χ0n) is 7.10. The van der Waals surface area contributed by atoms with Crippen LogP contribution in [0.25, 0.3) is 0 Å². The first-order chi connectivity index (χ1) is 6.37. The van der Waals surface area contributed by atoms with Gasteiger partial charge in [-0.1, -0.05) is 0 Å². The van der Waals surface area contributed by atoms with Crippen molar-refractivity contribution >= 4 is 11.6 Å². The molecule has 0 spiro atoms. The lowest BCUT2D eigenvalue weighted by Gasteiger charge is -2.16. The maximum absolute atomic E-state index is 12.5. The first-order valence-electron chi connectivity index (χ1n) is 4.10. The van der Waals surface area contributed by atoms with E-state index in [2.05, 4.69) is 0 Å². The second-order valence-electron chi connectivity index (χ2n) is 3.20. The van der Waals surface area contributed by atoms with Gasteiger partial charge in [-0.15, -0.1) is 0 Å². The van der Waals surface area contributed by atoms with Crippen molar-refractivity contribution in [2.75, 3.05) is 0 Å². The summed E-state index contributed by atoms with van der Waals surface area (Å²) in [4.78, 5) is 21.8. The van der Waals surface area contributed by atoms with Crippen molar-refractivity contribution in [2.45, 2.75) is 31.6 Å². The molecule has 1 atom stereocenters. The summed E-state index contributed by atoms with van der Waals surface area (Å²) in [5.74, 6) is -8.81. The van der Waals surface area contributed by atoms with Crippen molar-refractivity contribution in [1.29, 1.82) is 0 Å². The number of rotatable bonds is 3. The number of Topliss-reactive ketones (excluding diaryl/α,β-unsaturated/α-hetero) is 2. The molecule has 0 bridgehead atoms. The summed E-state index contributed by atoms with van der Waals surface area (Å²) < 4.78 is 48.5. The van der Waals surface area contributed by atoms with Crippen LogP contribution < -0.4 is 0 Å². The lowest BCUT2D eigenvalue weighted by atomic mass is 9.97. The van der Waals surface area contributed by atoms with E-state index in [0.717, 1.165) is 0 Å². The molecular formula is C8H8F4O2. The molecule has 0 heterocycles. The zero-order valence-corrected chi connectivity index (χ0v) is 7.10. The van der Waals surface area contributed by atoms with E-state index in [0.29, 0.717) is 6.42 Å². The largest absolute Gasteiger partial charge is 0.365 e. The van der Waals surface area contributed by atoms with Gasteiger partial charge in [0.2, 0.25) is 5.78 Å². The van der Waals surface area contributed by atoms with E-state index >= 15 is 0 Å². The minimum absolute atomic E-state index is 0.0235. The van der Waals surface area contributed by atoms with Gasteiger partial charge in [0.25, 0.3) is 0 Å². The molecule has 0 aromatic carbocycles. The third-order valence-electron chi connectivity index (χ3n) is 2.22. The molecule has 1 fully saturated rings. The van der Waals surface area contributed by atoms with Gasteiger partial charge in [-0.2, -0.15) is 8.78 Å².